The number of hydrogen-bond donors (Lipinski definition) is 2. The highest BCUT2D eigenvalue weighted by Crippen LogP contribution is 2.07. The van der Waals surface area contributed by atoms with Crippen molar-refractivity contribution in [3.63, 3.8) is 0 Å². The van der Waals surface area contributed by atoms with Gasteiger partial charge in [0.15, 0.2) is 0 Å². The number of urea groups is 1. The summed E-state index contributed by atoms with van der Waals surface area (Å²) in [5.74, 6) is 0. The lowest BCUT2D eigenvalue weighted by molar-refractivity contribution is 0.208. The molecule has 0 bridgehead atoms. The fraction of sp³-hybridized carbons (Fsp3) is 0.417. The van der Waals surface area contributed by atoms with Crippen LogP contribution in [0, 0.1) is 0 Å². The molecule has 2 rings (SSSR count). The maximum atomic E-state index is 11.7. The minimum Gasteiger partial charge on any atom is -0.334 e. The number of nitrogens with zero attached hydrogens (tertiary/aromatic N) is 1. The minimum atomic E-state index is -0.0168. The molecule has 1 aromatic carbocycles. The Morgan fingerprint density at radius 2 is 2.19 bits per heavy atom. The maximum absolute atomic E-state index is 11.7. The number of carbonyl (C=O) groups is 1. The highest BCUT2D eigenvalue weighted by molar-refractivity contribution is 5.74. The van der Waals surface area contributed by atoms with Crippen molar-refractivity contribution in [2.75, 3.05) is 13.1 Å². The number of nitrogens with one attached hydrogen (secondary N) is 1. The monoisotopic (exact) mass is 219 g/mol. The number of hydrogen-bond acceptors (Lipinski definition) is 2. The molecule has 3 N–H and O–H groups in total. The Labute approximate surface area is 95.4 Å². The average molecular weight is 219 g/mol. The van der Waals surface area contributed by atoms with Crippen LogP contribution >= 0.6 is 0 Å². The fourth-order valence-corrected chi connectivity index (χ4v) is 1.86. The van der Waals surface area contributed by atoms with Crippen LogP contribution in [0.15, 0.2) is 30.3 Å². The summed E-state index contributed by atoms with van der Waals surface area (Å²) in [7, 11) is 0. The molecule has 1 aromatic rings. The van der Waals surface area contributed by atoms with Gasteiger partial charge in [-0.15, -0.1) is 0 Å². The highest BCUT2D eigenvalue weighted by atomic mass is 16.2. The average Bonchev–Trinajstić information content (AvgIpc) is 2.74. The van der Waals surface area contributed by atoms with E-state index < -0.39 is 0 Å². The van der Waals surface area contributed by atoms with Crippen molar-refractivity contribution < 1.29 is 4.79 Å². The standard InChI is InChI=1S/C12H17N3O/c13-11-6-7-15(9-11)12(16)14-8-10-4-2-1-3-5-10/h1-5,11H,6-9,13H2,(H,14,16)/t11-/m1/s1. The molecule has 2 amide bonds. The number of nitrogens with two attached hydrogens (primary N) is 1. The zero-order chi connectivity index (χ0) is 11.4. The van der Waals surface area contributed by atoms with Crippen molar-refractivity contribution in [3.8, 4) is 0 Å². The molecule has 4 heteroatoms. The molecular formula is C12H17N3O. The summed E-state index contributed by atoms with van der Waals surface area (Å²) in [6.45, 7) is 2.01. The number of benzene rings is 1. The molecule has 1 heterocycles. The summed E-state index contributed by atoms with van der Waals surface area (Å²) in [6.07, 6.45) is 0.902. The topological polar surface area (TPSA) is 58.4 Å². The van der Waals surface area contributed by atoms with Gasteiger partial charge in [-0.25, -0.2) is 4.79 Å². The van der Waals surface area contributed by atoms with Gasteiger partial charge >= 0.3 is 6.03 Å². The van der Waals surface area contributed by atoms with Crippen LogP contribution in [0.5, 0.6) is 0 Å². The molecule has 0 aliphatic carbocycles. The molecule has 4 nitrogen and oxygen atoms in total. The van der Waals surface area contributed by atoms with Crippen molar-refractivity contribution >= 4 is 6.03 Å². The second kappa shape index (κ2) is 4.99. The van der Waals surface area contributed by atoms with Crippen LogP contribution in [-0.2, 0) is 6.54 Å². The molecule has 1 aliphatic rings. The second-order valence-corrected chi connectivity index (χ2v) is 4.14. The SMILES string of the molecule is N[C@@H]1CCN(C(=O)NCc2ccccc2)C1. The van der Waals surface area contributed by atoms with E-state index in [4.69, 9.17) is 5.73 Å². The van der Waals surface area contributed by atoms with Gasteiger partial charge in [0.1, 0.15) is 0 Å². The fourth-order valence-electron chi connectivity index (χ4n) is 1.86. The van der Waals surface area contributed by atoms with Crippen LogP contribution in [0.2, 0.25) is 0 Å². The molecule has 16 heavy (non-hydrogen) atoms. The van der Waals surface area contributed by atoms with Gasteiger partial charge in [0.05, 0.1) is 0 Å². The first-order valence-electron chi connectivity index (χ1n) is 5.58. The van der Waals surface area contributed by atoms with Crippen LogP contribution in [0.1, 0.15) is 12.0 Å². The van der Waals surface area contributed by atoms with Crippen LogP contribution in [0.4, 0.5) is 4.79 Å². The number of likely N-dealkylation sites (tertiary alicyclic amines) is 1. The molecule has 0 aromatic heterocycles. The lowest BCUT2D eigenvalue weighted by Crippen LogP contribution is -2.39. The van der Waals surface area contributed by atoms with Gasteiger partial charge in [-0.05, 0) is 12.0 Å². The van der Waals surface area contributed by atoms with Crippen molar-refractivity contribution in [1.82, 2.24) is 10.2 Å². The lowest BCUT2D eigenvalue weighted by atomic mass is 10.2. The third-order valence-electron chi connectivity index (χ3n) is 2.80. The molecule has 0 saturated carbocycles. The van der Waals surface area contributed by atoms with Crippen LogP contribution in [0.3, 0.4) is 0 Å². The summed E-state index contributed by atoms with van der Waals surface area (Å²) < 4.78 is 0. The molecule has 1 saturated heterocycles. The van der Waals surface area contributed by atoms with E-state index in [-0.39, 0.29) is 12.1 Å². The summed E-state index contributed by atoms with van der Waals surface area (Å²) >= 11 is 0. The summed E-state index contributed by atoms with van der Waals surface area (Å²) in [6, 6.07) is 10.0. The zero-order valence-electron chi connectivity index (χ0n) is 9.23. The van der Waals surface area contributed by atoms with Gasteiger partial charge in [0.25, 0.3) is 0 Å². The van der Waals surface area contributed by atoms with Crippen LogP contribution in [-0.4, -0.2) is 30.1 Å². The van der Waals surface area contributed by atoms with E-state index in [0.717, 1.165) is 18.5 Å². The summed E-state index contributed by atoms with van der Waals surface area (Å²) in [5, 5.41) is 2.89. The summed E-state index contributed by atoms with van der Waals surface area (Å²) in [5.41, 5.74) is 6.86. The Bertz CT molecular complexity index is 353. The molecule has 1 aliphatic heterocycles. The van der Waals surface area contributed by atoms with E-state index >= 15 is 0 Å². The molecule has 86 valence electrons. The van der Waals surface area contributed by atoms with Gasteiger partial charge in [-0.1, -0.05) is 30.3 Å². The Balaban J connectivity index is 1.80. The van der Waals surface area contributed by atoms with E-state index in [1.807, 2.05) is 30.3 Å². The Morgan fingerprint density at radius 1 is 1.44 bits per heavy atom. The van der Waals surface area contributed by atoms with E-state index in [2.05, 4.69) is 5.32 Å². The third kappa shape index (κ3) is 2.73. The largest absolute Gasteiger partial charge is 0.334 e. The van der Waals surface area contributed by atoms with E-state index in [1.54, 1.807) is 4.90 Å². The van der Waals surface area contributed by atoms with Gasteiger partial charge in [-0.2, -0.15) is 0 Å². The second-order valence-electron chi connectivity index (χ2n) is 4.14. The van der Waals surface area contributed by atoms with Crippen molar-refractivity contribution in [2.24, 2.45) is 5.73 Å². The number of rotatable bonds is 2. The highest BCUT2D eigenvalue weighted by Gasteiger charge is 2.22. The van der Waals surface area contributed by atoms with Gasteiger partial charge in [0, 0.05) is 25.7 Å². The van der Waals surface area contributed by atoms with Gasteiger partial charge in [-0.3, -0.25) is 0 Å². The van der Waals surface area contributed by atoms with Gasteiger partial charge < -0.3 is 16.0 Å². The molecule has 0 unspecified atom stereocenters. The van der Waals surface area contributed by atoms with Crippen molar-refractivity contribution in [3.05, 3.63) is 35.9 Å². The molecule has 1 fully saturated rings. The Hall–Kier alpha value is -1.55. The lowest BCUT2D eigenvalue weighted by Gasteiger charge is -2.16. The van der Waals surface area contributed by atoms with E-state index in [1.165, 1.54) is 0 Å². The molecular weight excluding hydrogens is 202 g/mol. The first kappa shape index (κ1) is 11.0. The maximum Gasteiger partial charge on any atom is 0.317 e. The predicted octanol–water partition coefficient (Wildman–Crippen LogP) is 0.929. The first-order valence-corrected chi connectivity index (χ1v) is 5.58. The normalized spacial score (nSPS) is 19.8. The van der Waals surface area contributed by atoms with Gasteiger partial charge in [0.2, 0.25) is 0 Å². The number of amides is 2. The van der Waals surface area contributed by atoms with Crippen molar-refractivity contribution in [1.29, 1.82) is 0 Å². The van der Waals surface area contributed by atoms with Crippen molar-refractivity contribution in [2.45, 2.75) is 19.0 Å². The Kier molecular flexibility index (Phi) is 3.41. The van der Waals surface area contributed by atoms with Crippen LogP contribution < -0.4 is 11.1 Å². The first-order chi connectivity index (χ1) is 7.75. The minimum absolute atomic E-state index is 0.0168. The van der Waals surface area contributed by atoms with E-state index in [9.17, 15) is 4.79 Å². The molecule has 0 radical (unpaired) electrons. The zero-order valence-corrected chi connectivity index (χ0v) is 9.23. The summed E-state index contributed by atoms with van der Waals surface area (Å²) in [4.78, 5) is 13.5. The van der Waals surface area contributed by atoms with Crippen LogP contribution in [0.25, 0.3) is 0 Å². The molecule has 0 spiro atoms. The number of carbonyl (C=O) groups excluding carboxylic acids is 1. The smallest absolute Gasteiger partial charge is 0.317 e. The molecule has 1 atom stereocenters. The predicted molar refractivity (Wildman–Crippen MR) is 62.8 cm³/mol. The Morgan fingerprint density at radius 3 is 2.81 bits per heavy atom. The van der Waals surface area contributed by atoms with E-state index in [0.29, 0.717) is 13.1 Å². The quantitative estimate of drug-likeness (QED) is 0.777. The third-order valence-corrected chi connectivity index (χ3v) is 2.80.